The van der Waals surface area contributed by atoms with E-state index >= 15 is 0 Å². The van der Waals surface area contributed by atoms with Crippen molar-refractivity contribution < 1.29 is 85.7 Å². The Kier molecular flexibility index (Phi) is 23.2. The highest BCUT2D eigenvalue weighted by atomic mass is 79.9. The molecule has 0 bridgehead atoms. The number of carbonyl (C=O) groups is 8. The number of rotatable bonds is 13. The van der Waals surface area contributed by atoms with Crippen molar-refractivity contribution in [2.45, 2.75) is 115 Å². The summed E-state index contributed by atoms with van der Waals surface area (Å²) in [7, 11) is 0. The van der Waals surface area contributed by atoms with Gasteiger partial charge in [0.1, 0.15) is 30.9 Å². The van der Waals surface area contributed by atoms with Crippen LogP contribution in [0.1, 0.15) is 55.4 Å². The molecule has 3 N–H and O–H groups in total. The van der Waals surface area contributed by atoms with Crippen molar-refractivity contribution in [1.82, 2.24) is 0 Å². The standard InChI is InChI=1S/C16H21NO9S.C15H22N2O9S.BrH/c1-8(18)22-7-12-13(23-9(2)19)14(24-10(3)20)15(25-11(4)21)16(26-12)27-6-5-17;1-6(18)22-5-10-11(23-7(2)19)12(24-8(3)20)13(25-9(4)21)14(26-10)27-15(16)17;/h12-16H,6-7H2,1-4H3;10-14H,5H2,1-4H3,(H3,16,17);1H. The molecule has 10 atom stereocenters. The number of nitriles is 1. The summed E-state index contributed by atoms with van der Waals surface area (Å²) in [5, 5.41) is 15.9. The van der Waals surface area contributed by atoms with Crippen LogP contribution < -0.4 is 5.73 Å². The Bertz CT molecular complexity index is 1450. The molecule has 2 saturated heterocycles. The molecule has 0 aliphatic carbocycles. The summed E-state index contributed by atoms with van der Waals surface area (Å²) in [5.74, 6) is -5.44. The van der Waals surface area contributed by atoms with Crippen molar-refractivity contribution in [3.63, 3.8) is 0 Å². The lowest BCUT2D eigenvalue weighted by molar-refractivity contribution is -0.237. The van der Waals surface area contributed by atoms with E-state index in [0.29, 0.717) is 11.8 Å². The molecule has 2 aliphatic heterocycles. The Balaban J connectivity index is 0.00000104. The van der Waals surface area contributed by atoms with E-state index < -0.39 is 107 Å². The van der Waals surface area contributed by atoms with Gasteiger partial charge in [0.15, 0.2) is 47.2 Å². The van der Waals surface area contributed by atoms with E-state index in [4.69, 9.17) is 63.8 Å². The Hall–Kier alpha value is -4.18. The van der Waals surface area contributed by atoms with Crippen molar-refractivity contribution in [1.29, 1.82) is 10.7 Å². The third kappa shape index (κ3) is 18.8. The van der Waals surface area contributed by atoms with E-state index in [1.54, 1.807) is 0 Å². The number of nitrogens with two attached hydrogens (primary N) is 1. The largest absolute Gasteiger partial charge is 0.463 e. The van der Waals surface area contributed by atoms with Crippen molar-refractivity contribution in [3.8, 4) is 6.07 Å². The average molecular weight is 891 g/mol. The fourth-order valence-electron chi connectivity index (χ4n) is 4.85. The van der Waals surface area contributed by atoms with Crippen LogP contribution in [0.25, 0.3) is 0 Å². The van der Waals surface area contributed by atoms with E-state index in [1.807, 2.05) is 6.07 Å². The molecule has 2 rings (SSSR count). The molecule has 0 saturated carbocycles. The van der Waals surface area contributed by atoms with Gasteiger partial charge in [-0.25, -0.2) is 0 Å². The first-order chi connectivity index (χ1) is 25.2. The number of amidine groups is 1. The lowest BCUT2D eigenvalue weighted by Crippen LogP contribution is -2.61. The molecule has 310 valence electrons. The molecule has 0 amide bonds. The lowest BCUT2D eigenvalue weighted by Gasteiger charge is -2.44. The smallest absolute Gasteiger partial charge is 0.303 e. The van der Waals surface area contributed by atoms with Gasteiger partial charge in [0.05, 0.1) is 11.8 Å². The Morgan fingerprint density at radius 2 is 0.873 bits per heavy atom. The van der Waals surface area contributed by atoms with Crippen LogP contribution in [0.15, 0.2) is 0 Å². The van der Waals surface area contributed by atoms with Gasteiger partial charge in [-0.15, -0.1) is 28.7 Å². The van der Waals surface area contributed by atoms with Gasteiger partial charge < -0.3 is 53.1 Å². The van der Waals surface area contributed by atoms with Gasteiger partial charge in [0, 0.05) is 55.4 Å². The van der Waals surface area contributed by atoms with E-state index in [2.05, 4.69) is 0 Å². The van der Waals surface area contributed by atoms with Gasteiger partial charge in [0.2, 0.25) is 0 Å². The second-order valence-corrected chi connectivity index (χ2v) is 13.3. The lowest BCUT2D eigenvalue weighted by atomic mass is 9.99. The highest BCUT2D eigenvalue weighted by Crippen LogP contribution is 2.35. The maximum Gasteiger partial charge on any atom is 0.303 e. The van der Waals surface area contributed by atoms with Gasteiger partial charge in [-0.05, 0) is 0 Å². The molecule has 21 nitrogen and oxygen atoms in total. The van der Waals surface area contributed by atoms with E-state index in [9.17, 15) is 38.4 Å². The molecule has 0 aromatic rings. The Morgan fingerprint density at radius 3 is 1.18 bits per heavy atom. The molecule has 0 aromatic heterocycles. The molecule has 0 spiro atoms. The normalized spacial score (nSPS) is 26.6. The number of halogens is 1. The first-order valence-electron chi connectivity index (χ1n) is 15.8. The van der Waals surface area contributed by atoms with Gasteiger partial charge in [0.25, 0.3) is 0 Å². The second kappa shape index (κ2) is 25.1. The van der Waals surface area contributed by atoms with Gasteiger partial charge >= 0.3 is 47.8 Å². The fourth-order valence-corrected chi connectivity index (χ4v) is 6.50. The number of hydrogen-bond donors (Lipinski definition) is 2. The first kappa shape index (κ1) is 50.8. The molecule has 24 heteroatoms. The average Bonchev–Trinajstić information content (AvgIpc) is 3.02. The zero-order valence-electron chi connectivity index (χ0n) is 31.0. The van der Waals surface area contributed by atoms with Crippen LogP contribution in [0.2, 0.25) is 0 Å². The van der Waals surface area contributed by atoms with Crippen molar-refractivity contribution in [3.05, 3.63) is 0 Å². The van der Waals surface area contributed by atoms with E-state index in [-0.39, 0.29) is 41.1 Å². The number of nitrogens with one attached hydrogen (secondary N) is 1. The van der Waals surface area contributed by atoms with Crippen molar-refractivity contribution in [2.24, 2.45) is 5.73 Å². The molecule has 0 radical (unpaired) electrons. The van der Waals surface area contributed by atoms with E-state index in [0.717, 1.165) is 53.3 Å². The highest BCUT2D eigenvalue weighted by Gasteiger charge is 2.53. The predicted molar refractivity (Wildman–Crippen MR) is 192 cm³/mol. The van der Waals surface area contributed by atoms with Gasteiger partial charge in [-0.2, -0.15) is 5.26 Å². The summed E-state index contributed by atoms with van der Waals surface area (Å²) < 4.78 is 52.6. The van der Waals surface area contributed by atoms with Gasteiger partial charge in [-0.3, -0.25) is 43.8 Å². The summed E-state index contributed by atoms with van der Waals surface area (Å²) in [5.41, 5.74) is 3.41. The molecule has 2 heterocycles. The fraction of sp³-hybridized carbons (Fsp3) is 0.677. The minimum atomic E-state index is -1.26. The molecule has 10 unspecified atom stereocenters. The first-order valence-corrected chi connectivity index (χ1v) is 17.7. The minimum Gasteiger partial charge on any atom is -0.463 e. The van der Waals surface area contributed by atoms with Gasteiger partial charge in [-0.1, -0.05) is 11.8 Å². The summed E-state index contributed by atoms with van der Waals surface area (Å²) in [6.07, 6.45) is -9.29. The predicted octanol–water partition coefficient (Wildman–Crippen LogP) is 0.600. The number of thioether (sulfide) groups is 2. The van der Waals surface area contributed by atoms with E-state index in [1.165, 1.54) is 13.8 Å². The highest BCUT2D eigenvalue weighted by molar-refractivity contribution is 8.93. The molecule has 0 aromatic carbocycles. The van der Waals surface area contributed by atoms with Crippen LogP contribution in [0.5, 0.6) is 0 Å². The number of carbonyl (C=O) groups excluding carboxylic acids is 8. The molecule has 55 heavy (non-hydrogen) atoms. The third-order valence-corrected chi connectivity index (χ3v) is 8.32. The quantitative estimate of drug-likeness (QED) is 0.111. The topological polar surface area (TPSA) is 303 Å². The van der Waals surface area contributed by atoms with Crippen LogP contribution in [0.4, 0.5) is 0 Å². The maximum atomic E-state index is 11.6. The van der Waals surface area contributed by atoms with Crippen LogP contribution in [-0.2, 0) is 85.7 Å². The monoisotopic (exact) mass is 889 g/mol. The zero-order chi connectivity index (χ0) is 41.3. The molecule has 2 fully saturated rings. The number of hydrogen-bond acceptors (Lipinski definition) is 22. The van der Waals surface area contributed by atoms with Crippen LogP contribution in [-0.4, -0.2) is 132 Å². The molecular weight excluding hydrogens is 846 g/mol. The number of ether oxygens (including phenoxy) is 10. The van der Waals surface area contributed by atoms with Crippen LogP contribution in [0.3, 0.4) is 0 Å². The summed E-state index contributed by atoms with van der Waals surface area (Å²) in [6, 6.07) is 1.92. The molecule has 2 aliphatic rings. The Labute approximate surface area is 334 Å². The SMILES string of the molecule is Br.CC(=O)OCC1OC(SC(=N)N)C(OC(C)=O)C(OC(C)=O)C1OC(C)=O.CC(=O)OCC1OC(SCC#N)C(OC(C)=O)C(OC(C)=O)C1OC(C)=O. The zero-order valence-corrected chi connectivity index (χ0v) is 34.3. The van der Waals surface area contributed by atoms with Crippen molar-refractivity contribution >= 4 is 93.4 Å². The van der Waals surface area contributed by atoms with Crippen LogP contribution in [0, 0.1) is 16.7 Å². The summed E-state index contributed by atoms with van der Waals surface area (Å²) in [6.45, 7) is 8.58. The van der Waals surface area contributed by atoms with Crippen molar-refractivity contribution in [2.75, 3.05) is 19.0 Å². The summed E-state index contributed by atoms with van der Waals surface area (Å²) >= 11 is 1.71. The van der Waals surface area contributed by atoms with Crippen LogP contribution >= 0.6 is 40.5 Å². The maximum absolute atomic E-state index is 11.6. The summed E-state index contributed by atoms with van der Waals surface area (Å²) in [4.78, 5) is 91.5. The number of nitrogens with zero attached hydrogens (tertiary/aromatic N) is 1. The number of esters is 8. The second-order valence-electron chi connectivity index (χ2n) is 11.1. The third-order valence-electron chi connectivity index (χ3n) is 6.45. The Morgan fingerprint density at radius 1 is 0.564 bits per heavy atom. The minimum absolute atomic E-state index is 0. The molecular formula is C31H44BrN3O18S2.